The van der Waals surface area contributed by atoms with Crippen LogP contribution in [0.1, 0.15) is 25.7 Å². The number of carbonyl (C=O) groups is 1. The first-order valence-electron chi connectivity index (χ1n) is 11.0. The number of β-amino-alcohol motifs (C(OH)–C–C–N with tert-alkyl or cyclic N) is 1. The summed E-state index contributed by atoms with van der Waals surface area (Å²) in [6.07, 6.45) is 1.49. The quantitative estimate of drug-likeness (QED) is 0.609. The third-order valence-corrected chi connectivity index (χ3v) is 9.83. The smallest absolute Gasteiger partial charge is 0.243 e. The molecule has 9 nitrogen and oxygen atoms in total. The first-order valence-corrected chi connectivity index (χ1v) is 13.8. The molecule has 0 saturated carbocycles. The van der Waals surface area contributed by atoms with Crippen LogP contribution in [-0.2, 0) is 24.8 Å². The maximum atomic E-state index is 13.2. The summed E-state index contributed by atoms with van der Waals surface area (Å²) >= 11 is 0. The summed E-state index contributed by atoms with van der Waals surface area (Å²) in [5.74, 6) is -1.26. The number of nitrogens with one attached hydrogen (secondary N) is 1. The Kier molecular flexibility index (Phi) is 7.06. The number of hydrogen-bond acceptors (Lipinski definition) is 6. The molecule has 0 aromatic heterocycles. The molecule has 2 aliphatic rings. The second-order valence-electron chi connectivity index (χ2n) is 8.41. The van der Waals surface area contributed by atoms with Crippen molar-refractivity contribution in [3.8, 4) is 0 Å². The normalized spacial score (nSPS) is 22.5. The Morgan fingerprint density at radius 2 is 1.44 bits per heavy atom. The molecule has 34 heavy (non-hydrogen) atoms. The lowest BCUT2D eigenvalue weighted by atomic mass is 10.2. The van der Waals surface area contributed by atoms with E-state index in [1.165, 1.54) is 28.6 Å². The van der Waals surface area contributed by atoms with Gasteiger partial charge in [0, 0.05) is 31.7 Å². The van der Waals surface area contributed by atoms with Gasteiger partial charge in [0.05, 0.1) is 15.9 Å². The molecule has 0 spiro atoms. The second kappa shape index (κ2) is 9.70. The Labute approximate surface area is 198 Å². The second-order valence-corrected chi connectivity index (χ2v) is 12.2. The maximum Gasteiger partial charge on any atom is 0.243 e. The van der Waals surface area contributed by atoms with Crippen molar-refractivity contribution < 1.29 is 31.1 Å². The van der Waals surface area contributed by atoms with E-state index in [0.29, 0.717) is 18.8 Å². The molecule has 2 saturated heterocycles. The zero-order valence-corrected chi connectivity index (χ0v) is 19.9. The van der Waals surface area contributed by atoms with Gasteiger partial charge in [0.15, 0.2) is 0 Å². The number of carbonyl (C=O) groups excluding carboxylic acids is 1. The molecule has 0 radical (unpaired) electrons. The molecule has 1 amide bonds. The number of sulfonamides is 2. The number of nitrogens with zero attached hydrogens (tertiary/aromatic N) is 2. The average molecular weight is 512 g/mol. The summed E-state index contributed by atoms with van der Waals surface area (Å²) in [5.41, 5.74) is 0.295. The van der Waals surface area contributed by atoms with Crippen molar-refractivity contribution in [2.45, 2.75) is 47.6 Å². The van der Waals surface area contributed by atoms with Crippen LogP contribution in [-0.4, -0.2) is 68.2 Å². The summed E-state index contributed by atoms with van der Waals surface area (Å²) in [5, 5.41) is 12.7. The molecule has 0 bridgehead atoms. The number of hydrogen-bond donors (Lipinski definition) is 2. The van der Waals surface area contributed by atoms with Gasteiger partial charge in [-0.15, -0.1) is 0 Å². The number of rotatable bonds is 6. The van der Waals surface area contributed by atoms with Crippen LogP contribution in [0.3, 0.4) is 0 Å². The van der Waals surface area contributed by atoms with Gasteiger partial charge in [-0.3, -0.25) is 4.79 Å². The third-order valence-electron chi connectivity index (χ3n) is 6.03. The van der Waals surface area contributed by atoms with Gasteiger partial charge in [-0.2, -0.15) is 8.61 Å². The number of amides is 1. The Morgan fingerprint density at radius 1 is 0.882 bits per heavy atom. The van der Waals surface area contributed by atoms with Gasteiger partial charge < -0.3 is 10.4 Å². The van der Waals surface area contributed by atoms with Crippen molar-refractivity contribution in [2.24, 2.45) is 0 Å². The fraction of sp³-hybridized carbons (Fsp3) is 0.409. The minimum Gasteiger partial charge on any atom is -0.392 e. The minimum atomic E-state index is -4.15. The van der Waals surface area contributed by atoms with Crippen molar-refractivity contribution in [2.75, 3.05) is 25.0 Å². The predicted molar refractivity (Wildman–Crippen MR) is 122 cm³/mol. The maximum absolute atomic E-state index is 13.2. The molecule has 2 atom stereocenters. The van der Waals surface area contributed by atoms with E-state index in [2.05, 4.69) is 5.32 Å². The first kappa shape index (κ1) is 24.7. The molecule has 2 heterocycles. The van der Waals surface area contributed by atoms with Crippen LogP contribution in [0.25, 0.3) is 0 Å². The van der Waals surface area contributed by atoms with Gasteiger partial charge in [-0.25, -0.2) is 21.2 Å². The van der Waals surface area contributed by atoms with E-state index in [1.54, 1.807) is 0 Å². The topological polar surface area (TPSA) is 124 Å². The highest BCUT2D eigenvalue weighted by Crippen LogP contribution is 2.28. The van der Waals surface area contributed by atoms with E-state index in [-0.39, 0.29) is 22.8 Å². The van der Waals surface area contributed by atoms with E-state index in [1.807, 2.05) is 0 Å². The first-order chi connectivity index (χ1) is 16.1. The Morgan fingerprint density at radius 3 is 2.06 bits per heavy atom. The number of benzene rings is 2. The molecule has 4 rings (SSSR count). The van der Waals surface area contributed by atoms with Crippen LogP contribution >= 0.6 is 0 Å². The van der Waals surface area contributed by atoms with Gasteiger partial charge in [-0.1, -0.05) is 6.42 Å². The molecule has 2 aromatic rings. The molecule has 2 aliphatic heterocycles. The summed E-state index contributed by atoms with van der Waals surface area (Å²) in [4.78, 5) is 12.8. The molecule has 2 N–H and O–H groups in total. The predicted octanol–water partition coefficient (Wildman–Crippen LogP) is 1.76. The van der Waals surface area contributed by atoms with Crippen molar-refractivity contribution in [3.05, 3.63) is 54.3 Å². The Bertz CT molecular complexity index is 1240. The van der Waals surface area contributed by atoms with Crippen LogP contribution in [0.5, 0.6) is 0 Å². The van der Waals surface area contributed by atoms with E-state index < -0.39 is 43.9 Å². The Hall–Kier alpha value is -2.38. The average Bonchev–Trinajstić information content (AvgIpc) is 3.23. The summed E-state index contributed by atoms with van der Waals surface area (Å²) in [7, 11) is -7.77. The number of halogens is 1. The molecular weight excluding hydrogens is 485 g/mol. The van der Waals surface area contributed by atoms with E-state index in [9.17, 15) is 31.1 Å². The SMILES string of the molecule is O=C(Nc1ccc(S(=O)(=O)N2CCCCC2)cc1)[C@H]1C[C@@H](O)CN1S(=O)(=O)c1ccc(F)cc1. The van der Waals surface area contributed by atoms with Crippen LogP contribution in [0, 0.1) is 5.82 Å². The number of anilines is 1. The third kappa shape index (κ3) is 5.01. The van der Waals surface area contributed by atoms with Gasteiger partial charge in [0.1, 0.15) is 11.9 Å². The molecule has 12 heteroatoms. The zero-order valence-electron chi connectivity index (χ0n) is 18.3. The van der Waals surface area contributed by atoms with Gasteiger partial charge >= 0.3 is 0 Å². The van der Waals surface area contributed by atoms with Gasteiger partial charge in [0.2, 0.25) is 26.0 Å². The van der Waals surface area contributed by atoms with Crippen LogP contribution < -0.4 is 5.32 Å². The fourth-order valence-corrected chi connectivity index (χ4v) is 7.37. The molecule has 2 fully saturated rings. The minimum absolute atomic E-state index is 0.103. The van der Waals surface area contributed by atoms with Crippen LogP contribution in [0.4, 0.5) is 10.1 Å². The number of piperidine rings is 1. The lowest BCUT2D eigenvalue weighted by Crippen LogP contribution is -2.43. The molecule has 0 unspecified atom stereocenters. The van der Waals surface area contributed by atoms with Crippen LogP contribution in [0.2, 0.25) is 0 Å². The van der Waals surface area contributed by atoms with Gasteiger partial charge in [-0.05, 0) is 61.4 Å². The molecule has 184 valence electrons. The lowest BCUT2D eigenvalue weighted by Gasteiger charge is -2.26. The molecule has 0 aliphatic carbocycles. The highest BCUT2D eigenvalue weighted by atomic mass is 32.2. The monoisotopic (exact) mass is 511 g/mol. The van der Waals surface area contributed by atoms with Crippen molar-refractivity contribution in [1.82, 2.24) is 8.61 Å². The van der Waals surface area contributed by atoms with Crippen molar-refractivity contribution in [3.63, 3.8) is 0 Å². The highest BCUT2D eigenvalue weighted by Gasteiger charge is 2.43. The fourth-order valence-electron chi connectivity index (χ4n) is 4.22. The van der Waals surface area contributed by atoms with Crippen LogP contribution in [0.15, 0.2) is 58.3 Å². The van der Waals surface area contributed by atoms with Gasteiger partial charge in [0.25, 0.3) is 0 Å². The van der Waals surface area contributed by atoms with Crippen molar-refractivity contribution >= 4 is 31.6 Å². The number of aliphatic hydroxyl groups is 1. The molecule has 2 aromatic carbocycles. The highest BCUT2D eigenvalue weighted by molar-refractivity contribution is 7.89. The van der Waals surface area contributed by atoms with E-state index in [4.69, 9.17) is 0 Å². The summed E-state index contributed by atoms with van der Waals surface area (Å²) < 4.78 is 67.1. The van der Waals surface area contributed by atoms with E-state index >= 15 is 0 Å². The zero-order chi connectivity index (χ0) is 24.5. The standard InChI is InChI=1S/C22H26FN3O6S2/c23-16-4-8-20(9-5-16)34(31,32)26-15-18(27)14-21(26)22(28)24-17-6-10-19(11-7-17)33(29,30)25-12-2-1-3-13-25/h4-11,18,21,27H,1-3,12-15H2,(H,24,28)/t18-,21-/m1/s1. The Balaban J connectivity index is 1.49. The summed E-state index contributed by atoms with van der Waals surface area (Å²) in [6.45, 7) is 0.678. The molecular formula is C22H26FN3O6S2. The summed E-state index contributed by atoms with van der Waals surface area (Å²) in [6, 6.07) is 8.73. The number of aliphatic hydroxyl groups excluding tert-OH is 1. The van der Waals surface area contributed by atoms with Crippen molar-refractivity contribution in [1.29, 1.82) is 0 Å². The lowest BCUT2D eigenvalue weighted by molar-refractivity contribution is -0.119. The van der Waals surface area contributed by atoms with E-state index in [0.717, 1.165) is 47.8 Å². The largest absolute Gasteiger partial charge is 0.392 e.